The summed E-state index contributed by atoms with van der Waals surface area (Å²) >= 11 is 0. The van der Waals surface area contributed by atoms with E-state index in [9.17, 15) is 18.4 Å². The van der Waals surface area contributed by atoms with Crippen LogP contribution >= 0.6 is 0 Å². The zero-order chi connectivity index (χ0) is 16.2. The van der Waals surface area contributed by atoms with Crippen molar-refractivity contribution in [2.75, 3.05) is 0 Å². The predicted molar refractivity (Wildman–Crippen MR) is 73.7 cm³/mol. The van der Waals surface area contributed by atoms with Crippen LogP contribution in [-0.4, -0.2) is 23.0 Å². The Morgan fingerprint density at radius 1 is 1.29 bits per heavy atom. The maximum atomic E-state index is 13.5. The summed E-state index contributed by atoms with van der Waals surface area (Å²) in [5.74, 6) is -2.87. The molecule has 0 aromatic heterocycles. The Balaban J connectivity index is 2.64. The second-order valence-corrected chi connectivity index (χ2v) is 5.74. The van der Waals surface area contributed by atoms with Crippen LogP contribution in [-0.2, 0) is 16.0 Å². The lowest BCUT2D eigenvalue weighted by atomic mass is 9.89. The SMILES string of the molecule is CC(Cc1c(F)cccc1F)NC(=O)CC(C)(C)C(=O)O. The van der Waals surface area contributed by atoms with E-state index >= 15 is 0 Å². The van der Waals surface area contributed by atoms with Crippen molar-refractivity contribution in [2.45, 2.75) is 39.7 Å². The van der Waals surface area contributed by atoms with Gasteiger partial charge < -0.3 is 10.4 Å². The summed E-state index contributed by atoms with van der Waals surface area (Å²) in [6, 6.07) is 3.07. The molecule has 1 rings (SSSR count). The number of nitrogens with one attached hydrogen (secondary N) is 1. The fraction of sp³-hybridized carbons (Fsp3) is 0.467. The molecule has 0 aliphatic heterocycles. The highest BCUT2D eigenvalue weighted by Crippen LogP contribution is 2.20. The summed E-state index contributed by atoms with van der Waals surface area (Å²) < 4.78 is 27.0. The highest BCUT2D eigenvalue weighted by Gasteiger charge is 2.30. The normalized spacial score (nSPS) is 12.8. The number of hydrogen-bond acceptors (Lipinski definition) is 2. The number of carbonyl (C=O) groups is 2. The number of aliphatic carboxylic acids is 1. The fourth-order valence-electron chi connectivity index (χ4n) is 1.89. The Kier molecular flexibility index (Phi) is 5.41. The van der Waals surface area contributed by atoms with E-state index in [1.54, 1.807) is 6.92 Å². The number of amides is 1. The lowest BCUT2D eigenvalue weighted by molar-refractivity contribution is -0.149. The molecule has 0 saturated carbocycles. The van der Waals surface area contributed by atoms with Gasteiger partial charge in [0.1, 0.15) is 11.6 Å². The molecule has 1 aromatic carbocycles. The van der Waals surface area contributed by atoms with Crippen molar-refractivity contribution in [3.8, 4) is 0 Å². The first-order valence-corrected chi connectivity index (χ1v) is 6.59. The minimum absolute atomic E-state index is 0.00224. The smallest absolute Gasteiger partial charge is 0.309 e. The third kappa shape index (κ3) is 4.81. The van der Waals surface area contributed by atoms with Crippen LogP contribution in [0, 0.1) is 17.0 Å². The number of rotatable bonds is 6. The Hall–Kier alpha value is -1.98. The molecule has 0 radical (unpaired) electrons. The van der Waals surface area contributed by atoms with Crippen molar-refractivity contribution in [3.05, 3.63) is 35.4 Å². The van der Waals surface area contributed by atoms with Gasteiger partial charge in [0.05, 0.1) is 5.41 Å². The number of carboxylic acid groups (broad SMARTS) is 1. The fourth-order valence-corrected chi connectivity index (χ4v) is 1.89. The molecule has 0 heterocycles. The van der Waals surface area contributed by atoms with Gasteiger partial charge in [-0.05, 0) is 39.3 Å². The summed E-state index contributed by atoms with van der Waals surface area (Å²) in [5, 5.41) is 11.5. The van der Waals surface area contributed by atoms with Crippen LogP contribution in [0.4, 0.5) is 8.78 Å². The van der Waals surface area contributed by atoms with E-state index in [2.05, 4.69) is 5.32 Å². The van der Waals surface area contributed by atoms with Gasteiger partial charge in [0, 0.05) is 18.0 Å². The van der Waals surface area contributed by atoms with Crippen molar-refractivity contribution in [1.82, 2.24) is 5.32 Å². The molecule has 1 unspecified atom stereocenters. The van der Waals surface area contributed by atoms with Gasteiger partial charge in [-0.2, -0.15) is 0 Å². The summed E-state index contributed by atoms with van der Waals surface area (Å²) in [7, 11) is 0. The van der Waals surface area contributed by atoms with Crippen molar-refractivity contribution < 1.29 is 23.5 Å². The maximum Gasteiger partial charge on any atom is 0.309 e. The molecule has 1 amide bonds. The zero-order valence-electron chi connectivity index (χ0n) is 12.2. The second-order valence-electron chi connectivity index (χ2n) is 5.74. The lowest BCUT2D eigenvalue weighted by Crippen LogP contribution is -2.38. The Bertz CT molecular complexity index is 523. The predicted octanol–water partition coefficient (Wildman–Crippen LogP) is 2.51. The van der Waals surface area contributed by atoms with Crippen molar-refractivity contribution in [1.29, 1.82) is 0 Å². The van der Waals surface area contributed by atoms with Crippen molar-refractivity contribution >= 4 is 11.9 Å². The number of carbonyl (C=O) groups excluding carboxylic acids is 1. The molecule has 0 bridgehead atoms. The standard InChI is InChI=1S/C15H19F2NO3/c1-9(7-10-11(16)5-4-6-12(10)17)18-13(19)8-15(2,3)14(20)21/h4-6,9H,7-8H2,1-3H3,(H,18,19)(H,20,21). The van der Waals surface area contributed by atoms with Gasteiger partial charge >= 0.3 is 5.97 Å². The van der Waals surface area contributed by atoms with Gasteiger partial charge in [0.25, 0.3) is 0 Å². The van der Waals surface area contributed by atoms with E-state index in [1.165, 1.54) is 19.9 Å². The summed E-state index contributed by atoms with van der Waals surface area (Å²) in [6.07, 6.45) is -0.204. The van der Waals surface area contributed by atoms with Gasteiger partial charge in [-0.3, -0.25) is 9.59 Å². The van der Waals surface area contributed by atoms with Crippen molar-refractivity contribution in [3.63, 3.8) is 0 Å². The van der Waals surface area contributed by atoms with Gasteiger partial charge in [0.2, 0.25) is 5.91 Å². The number of benzene rings is 1. The number of carboxylic acids is 1. The maximum absolute atomic E-state index is 13.5. The molecule has 6 heteroatoms. The first-order chi connectivity index (χ1) is 9.63. The molecule has 0 fully saturated rings. The minimum Gasteiger partial charge on any atom is -0.481 e. The van der Waals surface area contributed by atoms with Gasteiger partial charge in [-0.25, -0.2) is 8.78 Å². The largest absolute Gasteiger partial charge is 0.481 e. The van der Waals surface area contributed by atoms with Gasteiger partial charge in [-0.15, -0.1) is 0 Å². The summed E-state index contributed by atoms with van der Waals surface area (Å²) in [4.78, 5) is 22.7. The molecule has 0 aliphatic rings. The van der Waals surface area contributed by atoms with Crippen LogP contribution in [0.5, 0.6) is 0 Å². The molecule has 1 atom stereocenters. The Morgan fingerprint density at radius 3 is 2.29 bits per heavy atom. The quantitative estimate of drug-likeness (QED) is 0.848. The molecule has 0 aliphatic carbocycles. The van der Waals surface area contributed by atoms with Crippen LogP contribution in [0.1, 0.15) is 32.8 Å². The zero-order valence-corrected chi connectivity index (χ0v) is 12.2. The molecule has 0 spiro atoms. The van der Waals surface area contributed by atoms with E-state index in [4.69, 9.17) is 5.11 Å². The first-order valence-electron chi connectivity index (χ1n) is 6.59. The van der Waals surface area contributed by atoms with E-state index in [0.717, 1.165) is 12.1 Å². The first kappa shape index (κ1) is 17.1. The molecule has 0 saturated heterocycles. The van der Waals surface area contributed by atoms with Gasteiger partial charge in [-0.1, -0.05) is 6.07 Å². The molecule has 1 aromatic rings. The molecular weight excluding hydrogens is 280 g/mol. The van der Waals surface area contributed by atoms with Crippen LogP contribution in [0.15, 0.2) is 18.2 Å². The summed E-state index contributed by atoms with van der Waals surface area (Å²) in [6.45, 7) is 4.49. The number of hydrogen-bond donors (Lipinski definition) is 2. The third-order valence-electron chi connectivity index (χ3n) is 3.16. The van der Waals surface area contributed by atoms with Crippen LogP contribution < -0.4 is 5.32 Å². The van der Waals surface area contributed by atoms with Crippen molar-refractivity contribution in [2.24, 2.45) is 5.41 Å². The summed E-state index contributed by atoms with van der Waals surface area (Å²) in [5.41, 5.74) is -1.28. The lowest BCUT2D eigenvalue weighted by Gasteiger charge is -2.20. The van der Waals surface area contributed by atoms with Gasteiger partial charge in [0.15, 0.2) is 0 Å². The second kappa shape index (κ2) is 6.65. The van der Waals surface area contributed by atoms with Crippen LogP contribution in [0.25, 0.3) is 0 Å². The molecule has 2 N–H and O–H groups in total. The van der Waals surface area contributed by atoms with Crippen LogP contribution in [0.2, 0.25) is 0 Å². The van der Waals surface area contributed by atoms with E-state index in [1.807, 2.05) is 0 Å². The molecular formula is C15H19F2NO3. The average molecular weight is 299 g/mol. The average Bonchev–Trinajstić information content (AvgIpc) is 2.32. The monoisotopic (exact) mass is 299 g/mol. The Labute approximate surface area is 122 Å². The minimum atomic E-state index is -1.19. The topological polar surface area (TPSA) is 66.4 Å². The van der Waals surface area contributed by atoms with E-state index < -0.39 is 35.0 Å². The van der Waals surface area contributed by atoms with E-state index in [-0.39, 0.29) is 18.4 Å². The highest BCUT2D eigenvalue weighted by molar-refractivity contribution is 5.84. The van der Waals surface area contributed by atoms with Crippen LogP contribution in [0.3, 0.4) is 0 Å². The Morgan fingerprint density at radius 2 is 1.81 bits per heavy atom. The van der Waals surface area contributed by atoms with E-state index in [0.29, 0.717) is 0 Å². The number of halogens is 2. The molecule has 116 valence electrons. The molecule has 4 nitrogen and oxygen atoms in total. The third-order valence-corrected chi connectivity index (χ3v) is 3.16. The highest BCUT2D eigenvalue weighted by atomic mass is 19.1. The molecule has 21 heavy (non-hydrogen) atoms.